The summed E-state index contributed by atoms with van der Waals surface area (Å²) in [6.07, 6.45) is 8.57. The fourth-order valence-electron chi connectivity index (χ4n) is 5.21. The number of aryl methyl sites for hydroxylation is 1. The smallest absolute Gasteiger partial charge is 0.234 e. The van der Waals surface area contributed by atoms with Gasteiger partial charge in [0, 0.05) is 5.69 Å². The van der Waals surface area contributed by atoms with Crippen LogP contribution < -0.4 is 5.32 Å². The van der Waals surface area contributed by atoms with Crippen molar-refractivity contribution in [3.8, 4) is 11.8 Å². The number of nitrogens with zero attached hydrogens (tertiary/aromatic N) is 4. The molecule has 1 heterocycles. The molecule has 0 saturated heterocycles. The molecule has 0 aliphatic heterocycles. The highest BCUT2D eigenvalue weighted by Crippen LogP contribution is 2.40. The fourth-order valence-corrected chi connectivity index (χ4v) is 6.01. The molecule has 0 atom stereocenters. The van der Waals surface area contributed by atoms with Crippen LogP contribution in [0.2, 0.25) is 0 Å². The Morgan fingerprint density at radius 1 is 1.00 bits per heavy atom. The second-order valence-electron chi connectivity index (χ2n) is 8.73. The minimum absolute atomic E-state index is 0.111. The van der Waals surface area contributed by atoms with Gasteiger partial charge in [-0.3, -0.25) is 9.36 Å². The normalized spacial score (nSPS) is 14.8. The van der Waals surface area contributed by atoms with Crippen LogP contribution in [0.4, 0.5) is 5.69 Å². The van der Waals surface area contributed by atoms with Crippen LogP contribution in [0.5, 0.6) is 0 Å². The number of carbonyl (C=O) groups excluding carboxylic acids is 1. The monoisotopic (exact) mass is 457 g/mol. The number of rotatable bonds is 5. The van der Waals surface area contributed by atoms with E-state index in [0.717, 1.165) is 55.7 Å². The highest BCUT2D eigenvalue weighted by atomic mass is 32.2. The first kappa shape index (κ1) is 21.7. The van der Waals surface area contributed by atoms with E-state index in [1.807, 2.05) is 41.8 Å². The molecule has 3 aromatic rings. The second kappa shape index (κ2) is 9.40. The van der Waals surface area contributed by atoms with Gasteiger partial charge < -0.3 is 5.32 Å². The first-order valence-electron chi connectivity index (χ1n) is 11.7. The van der Waals surface area contributed by atoms with Crippen LogP contribution >= 0.6 is 11.8 Å². The quantitative estimate of drug-likeness (QED) is 0.549. The first-order valence-corrected chi connectivity index (χ1v) is 12.7. The van der Waals surface area contributed by atoms with E-state index in [0.29, 0.717) is 10.7 Å². The fraction of sp³-hybridized carbons (Fsp3) is 0.385. The van der Waals surface area contributed by atoms with E-state index in [2.05, 4.69) is 21.6 Å². The van der Waals surface area contributed by atoms with Crippen molar-refractivity contribution in [3.63, 3.8) is 0 Å². The van der Waals surface area contributed by atoms with Gasteiger partial charge in [0.15, 0.2) is 5.16 Å². The molecule has 2 aromatic carbocycles. The zero-order valence-electron chi connectivity index (χ0n) is 18.9. The number of fused-ring (bicyclic) bond motifs is 3. The van der Waals surface area contributed by atoms with E-state index < -0.39 is 0 Å². The van der Waals surface area contributed by atoms with Gasteiger partial charge in [-0.05, 0) is 92.7 Å². The largest absolute Gasteiger partial charge is 0.324 e. The molecular formula is C26H27N5OS. The molecule has 7 heteroatoms. The summed E-state index contributed by atoms with van der Waals surface area (Å²) in [7, 11) is 0. The molecule has 5 rings (SSSR count). The van der Waals surface area contributed by atoms with Gasteiger partial charge in [0.2, 0.25) is 5.91 Å². The maximum Gasteiger partial charge on any atom is 0.234 e. The van der Waals surface area contributed by atoms with Crippen molar-refractivity contribution in [1.29, 1.82) is 5.26 Å². The predicted octanol–water partition coefficient (Wildman–Crippen LogP) is 4.94. The van der Waals surface area contributed by atoms with Crippen molar-refractivity contribution < 1.29 is 4.79 Å². The molecule has 0 saturated carbocycles. The second-order valence-corrected chi connectivity index (χ2v) is 9.67. The molecule has 0 unspecified atom stereocenters. The molecule has 0 spiro atoms. The molecule has 0 radical (unpaired) electrons. The number of nitriles is 1. The van der Waals surface area contributed by atoms with Crippen molar-refractivity contribution in [2.24, 2.45) is 0 Å². The van der Waals surface area contributed by atoms with Gasteiger partial charge in [-0.2, -0.15) is 5.26 Å². The van der Waals surface area contributed by atoms with Crippen molar-refractivity contribution in [1.82, 2.24) is 14.8 Å². The van der Waals surface area contributed by atoms with Gasteiger partial charge in [0.05, 0.1) is 17.0 Å². The highest BCUT2D eigenvalue weighted by Gasteiger charge is 2.27. The van der Waals surface area contributed by atoms with Crippen molar-refractivity contribution >= 4 is 23.4 Å². The summed E-state index contributed by atoms with van der Waals surface area (Å²) in [5.41, 5.74) is 7.58. The Labute approximate surface area is 198 Å². The lowest BCUT2D eigenvalue weighted by atomic mass is 9.77. The zero-order chi connectivity index (χ0) is 22.8. The third-order valence-electron chi connectivity index (χ3n) is 6.67. The summed E-state index contributed by atoms with van der Waals surface area (Å²) in [5, 5.41) is 22.3. The molecule has 1 N–H and O–H groups in total. The lowest BCUT2D eigenvalue weighted by Crippen LogP contribution is -2.22. The van der Waals surface area contributed by atoms with E-state index in [4.69, 9.17) is 0 Å². The van der Waals surface area contributed by atoms with E-state index >= 15 is 0 Å². The number of anilines is 1. The third-order valence-corrected chi connectivity index (χ3v) is 7.60. The van der Waals surface area contributed by atoms with Crippen LogP contribution in [0, 0.1) is 18.3 Å². The third kappa shape index (κ3) is 4.16. The number of hydrogen-bond donors (Lipinski definition) is 1. The maximum atomic E-state index is 13.1. The summed E-state index contributed by atoms with van der Waals surface area (Å²) < 4.78 is 1.96. The maximum absolute atomic E-state index is 13.1. The standard InChI is InChI=1S/C26H27N5OS/c1-17-29-30-26(31(17)18-9-3-2-4-10-18)33-16-24(32)28-25-22-14-8-7-12-20(22)19-11-5-6-13-21(19)23(25)15-27/h2-4,9-10H,5-8,11-14,16H2,1H3,(H,28,32). The van der Waals surface area contributed by atoms with Gasteiger partial charge in [0.1, 0.15) is 11.9 Å². The SMILES string of the molecule is Cc1nnc(SCC(=O)Nc2c(C#N)c3c(c4c2CCCC4)CCCC3)n1-c1ccccc1. The van der Waals surface area contributed by atoms with Gasteiger partial charge >= 0.3 is 0 Å². The highest BCUT2D eigenvalue weighted by molar-refractivity contribution is 7.99. The van der Waals surface area contributed by atoms with Crippen LogP contribution in [0.25, 0.3) is 5.69 Å². The van der Waals surface area contributed by atoms with Crippen molar-refractivity contribution in [2.75, 3.05) is 11.1 Å². The predicted molar refractivity (Wildman–Crippen MR) is 130 cm³/mol. The average molecular weight is 458 g/mol. The number of benzene rings is 2. The lowest BCUT2D eigenvalue weighted by Gasteiger charge is -2.29. The summed E-state index contributed by atoms with van der Waals surface area (Å²) in [6, 6.07) is 12.3. The van der Waals surface area contributed by atoms with E-state index in [9.17, 15) is 10.1 Å². The summed E-state index contributed by atoms with van der Waals surface area (Å²) in [4.78, 5) is 13.1. The number of carbonyl (C=O) groups is 1. The van der Waals surface area contributed by atoms with E-state index in [-0.39, 0.29) is 11.7 Å². The Balaban J connectivity index is 1.40. The number of aromatic nitrogens is 3. The Bertz CT molecular complexity index is 1240. The zero-order valence-corrected chi connectivity index (χ0v) is 19.7. The molecular weight excluding hydrogens is 430 g/mol. The Morgan fingerprint density at radius 3 is 2.33 bits per heavy atom. The van der Waals surface area contributed by atoms with Crippen LogP contribution in [-0.4, -0.2) is 26.4 Å². The molecule has 6 nitrogen and oxygen atoms in total. The summed E-state index contributed by atoms with van der Waals surface area (Å²) in [5.74, 6) is 0.877. The number of para-hydroxylation sites is 1. The average Bonchev–Trinajstić information content (AvgIpc) is 3.23. The topological polar surface area (TPSA) is 83.6 Å². The Kier molecular flexibility index (Phi) is 6.19. The molecule has 1 aromatic heterocycles. The van der Waals surface area contributed by atoms with Gasteiger partial charge in [0.25, 0.3) is 0 Å². The molecule has 2 aliphatic rings. The first-order chi connectivity index (χ1) is 16.2. The molecule has 2 aliphatic carbocycles. The summed E-state index contributed by atoms with van der Waals surface area (Å²) >= 11 is 1.36. The van der Waals surface area contributed by atoms with Crippen molar-refractivity contribution in [3.05, 3.63) is 64.0 Å². The van der Waals surface area contributed by atoms with Crippen LogP contribution in [0.15, 0.2) is 35.5 Å². The molecule has 0 fully saturated rings. The minimum Gasteiger partial charge on any atom is -0.324 e. The van der Waals surface area contributed by atoms with Gasteiger partial charge in [-0.25, -0.2) is 0 Å². The molecule has 33 heavy (non-hydrogen) atoms. The van der Waals surface area contributed by atoms with Crippen LogP contribution in [-0.2, 0) is 30.5 Å². The summed E-state index contributed by atoms with van der Waals surface area (Å²) in [6.45, 7) is 1.91. The Hall–Kier alpha value is -3.11. The van der Waals surface area contributed by atoms with Crippen molar-refractivity contribution in [2.45, 2.75) is 63.4 Å². The molecule has 0 bridgehead atoms. The van der Waals surface area contributed by atoms with E-state index in [1.165, 1.54) is 46.9 Å². The van der Waals surface area contributed by atoms with Crippen LogP contribution in [0.1, 0.15) is 59.3 Å². The van der Waals surface area contributed by atoms with Crippen LogP contribution in [0.3, 0.4) is 0 Å². The minimum atomic E-state index is -0.111. The van der Waals surface area contributed by atoms with Gasteiger partial charge in [-0.15, -0.1) is 10.2 Å². The molecule has 1 amide bonds. The number of amides is 1. The Morgan fingerprint density at radius 2 is 1.64 bits per heavy atom. The van der Waals surface area contributed by atoms with E-state index in [1.54, 1.807) is 0 Å². The lowest BCUT2D eigenvalue weighted by molar-refractivity contribution is -0.113. The molecule has 168 valence electrons. The van der Waals surface area contributed by atoms with Gasteiger partial charge in [-0.1, -0.05) is 30.0 Å². The number of thioether (sulfide) groups is 1. The number of nitrogens with one attached hydrogen (secondary N) is 1. The number of hydrogen-bond acceptors (Lipinski definition) is 5.